The number of halogens is 1. The van der Waals surface area contributed by atoms with Crippen LogP contribution in [0.15, 0.2) is 41.8 Å². The summed E-state index contributed by atoms with van der Waals surface area (Å²) < 4.78 is 19.2. The average molecular weight is 374 g/mol. The van der Waals surface area contributed by atoms with Crippen LogP contribution in [0.25, 0.3) is 0 Å². The molecule has 2 aromatic rings. The lowest BCUT2D eigenvalue weighted by Crippen LogP contribution is -2.37. The van der Waals surface area contributed by atoms with E-state index in [9.17, 15) is 14.0 Å². The van der Waals surface area contributed by atoms with E-state index in [0.29, 0.717) is 31.7 Å². The van der Waals surface area contributed by atoms with Crippen LogP contribution in [-0.2, 0) is 16.1 Å². The van der Waals surface area contributed by atoms with Gasteiger partial charge in [-0.25, -0.2) is 4.39 Å². The Morgan fingerprint density at radius 1 is 1.31 bits per heavy atom. The maximum atomic E-state index is 13.5. The molecule has 0 unspecified atom stereocenters. The minimum Gasteiger partial charge on any atom is -0.375 e. The molecule has 0 radical (unpaired) electrons. The number of benzene rings is 1. The molecule has 4 rings (SSSR count). The first-order chi connectivity index (χ1) is 12.6. The van der Waals surface area contributed by atoms with Crippen LogP contribution in [-0.4, -0.2) is 42.0 Å². The van der Waals surface area contributed by atoms with Crippen LogP contribution >= 0.6 is 11.3 Å². The van der Waals surface area contributed by atoms with Crippen molar-refractivity contribution in [2.45, 2.75) is 25.1 Å². The van der Waals surface area contributed by atoms with Crippen molar-refractivity contribution in [2.75, 3.05) is 13.2 Å². The van der Waals surface area contributed by atoms with Gasteiger partial charge in [0, 0.05) is 23.6 Å². The summed E-state index contributed by atoms with van der Waals surface area (Å²) in [6.07, 6.45) is 0.399. The van der Waals surface area contributed by atoms with Crippen LogP contribution < -0.4 is 5.32 Å². The number of amides is 2. The van der Waals surface area contributed by atoms with Gasteiger partial charge in [0.25, 0.3) is 5.91 Å². The van der Waals surface area contributed by atoms with E-state index in [-0.39, 0.29) is 24.0 Å². The summed E-state index contributed by atoms with van der Waals surface area (Å²) in [4.78, 5) is 28.2. The van der Waals surface area contributed by atoms with Crippen LogP contribution in [0.4, 0.5) is 4.39 Å². The highest BCUT2D eigenvalue weighted by atomic mass is 32.1. The van der Waals surface area contributed by atoms with Crippen LogP contribution in [0.3, 0.4) is 0 Å². The zero-order chi connectivity index (χ0) is 18.1. The topological polar surface area (TPSA) is 58.6 Å². The number of carbonyl (C=O) groups is 2. The molecule has 7 heteroatoms. The predicted molar refractivity (Wildman–Crippen MR) is 95.2 cm³/mol. The summed E-state index contributed by atoms with van der Waals surface area (Å²) in [5.41, 5.74) is 0.301. The second-order valence-electron chi connectivity index (χ2n) is 6.56. The van der Waals surface area contributed by atoms with Crippen molar-refractivity contribution in [1.29, 1.82) is 0 Å². The van der Waals surface area contributed by atoms with Gasteiger partial charge in [0.05, 0.1) is 24.6 Å². The Labute approximate surface area is 154 Å². The van der Waals surface area contributed by atoms with Crippen LogP contribution in [0.1, 0.15) is 21.7 Å². The highest BCUT2D eigenvalue weighted by molar-refractivity contribution is 7.09. The quantitative estimate of drug-likeness (QED) is 0.894. The van der Waals surface area contributed by atoms with Gasteiger partial charge in [0.2, 0.25) is 5.91 Å². The lowest BCUT2D eigenvalue weighted by atomic mass is 10.0. The zero-order valence-electron chi connectivity index (χ0n) is 14.1. The van der Waals surface area contributed by atoms with Gasteiger partial charge in [-0.3, -0.25) is 9.59 Å². The molecule has 136 valence electrons. The number of carbonyl (C=O) groups excluding carboxylic acids is 2. The molecule has 1 N–H and O–H groups in total. The maximum Gasteiger partial charge on any atom is 0.254 e. The minimum absolute atomic E-state index is 0.107. The van der Waals surface area contributed by atoms with Crippen molar-refractivity contribution in [2.24, 2.45) is 5.92 Å². The van der Waals surface area contributed by atoms with E-state index in [1.807, 2.05) is 17.5 Å². The SMILES string of the molecule is O=C(NCc1cccs1)[C@@H]1CN(C(=O)c2cccc(F)c2)[C@@H]2CCO[C@H]21. The van der Waals surface area contributed by atoms with Gasteiger partial charge < -0.3 is 15.0 Å². The van der Waals surface area contributed by atoms with Crippen LogP contribution in [0.2, 0.25) is 0 Å². The van der Waals surface area contributed by atoms with E-state index < -0.39 is 11.7 Å². The van der Waals surface area contributed by atoms with Crippen molar-refractivity contribution in [3.8, 4) is 0 Å². The Morgan fingerprint density at radius 3 is 2.96 bits per heavy atom. The number of rotatable bonds is 4. The molecule has 3 heterocycles. The highest BCUT2D eigenvalue weighted by Crippen LogP contribution is 2.34. The number of nitrogens with one attached hydrogen (secondary N) is 1. The number of likely N-dealkylation sites (tertiary alicyclic amines) is 1. The highest BCUT2D eigenvalue weighted by Gasteiger charge is 2.50. The molecule has 1 aromatic heterocycles. The Bertz CT molecular complexity index is 811. The smallest absolute Gasteiger partial charge is 0.254 e. The van der Waals surface area contributed by atoms with Crippen LogP contribution in [0.5, 0.6) is 0 Å². The van der Waals surface area contributed by atoms with Gasteiger partial charge in [-0.1, -0.05) is 12.1 Å². The first-order valence-electron chi connectivity index (χ1n) is 8.62. The van der Waals surface area contributed by atoms with Crippen molar-refractivity contribution in [3.63, 3.8) is 0 Å². The summed E-state index contributed by atoms with van der Waals surface area (Å²) in [6.45, 7) is 1.29. The van der Waals surface area contributed by atoms with E-state index in [4.69, 9.17) is 4.74 Å². The predicted octanol–water partition coefficient (Wildman–Crippen LogP) is 2.43. The number of hydrogen-bond donors (Lipinski definition) is 1. The normalized spacial score (nSPS) is 24.5. The van der Waals surface area contributed by atoms with E-state index in [1.165, 1.54) is 18.2 Å². The Morgan fingerprint density at radius 2 is 2.19 bits per heavy atom. The Balaban J connectivity index is 1.48. The third kappa shape index (κ3) is 3.24. The molecule has 2 aliphatic rings. The molecule has 2 amide bonds. The summed E-state index contributed by atoms with van der Waals surface area (Å²) in [7, 11) is 0. The first-order valence-corrected chi connectivity index (χ1v) is 9.49. The minimum atomic E-state index is -0.445. The molecule has 2 aliphatic heterocycles. The third-order valence-corrected chi connectivity index (χ3v) is 5.86. The molecule has 5 nitrogen and oxygen atoms in total. The van der Waals surface area contributed by atoms with E-state index in [0.717, 1.165) is 4.88 Å². The molecule has 2 fully saturated rings. The molecule has 1 aromatic carbocycles. The van der Waals surface area contributed by atoms with Crippen molar-refractivity contribution in [3.05, 3.63) is 58.0 Å². The summed E-state index contributed by atoms with van der Waals surface area (Å²) in [6, 6.07) is 9.43. The molecule has 3 atom stereocenters. The fourth-order valence-corrected chi connectivity index (χ4v) is 4.38. The van der Waals surface area contributed by atoms with Crippen molar-refractivity contribution in [1.82, 2.24) is 10.2 Å². The third-order valence-electron chi connectivity index (χ3n) is 4.98. The van der Waals surface area contributed by atoms with Gasteiger partial charge in [0.15, 0.2) is 0 Å². The van der Waals surface area contributed by atoms with E-state index in [1.54, 1.807) is 22.3 Å². The fourth-order valence-electron chi connectivity index (χ4n) is 3.74. The molecular formula is C19H19FN2O3S. The molecule has 0 saturated carbocycles. The Hall–Kier alpha value is -2.25. The molecule has 2 saturated heterocycles. The summed E-state index contributed by atoms with van der Waals surface area (Å²) >= 11 is 1.58. The van der Waals surface area contributed by atoms with Gasteiger partial charge >= 0.3 is 0 Å². The lowest BCUT2D eigenvalue weighted by molar-refractivity contribution is -0.127. The largest absolute Gasteiger partial charge is 0.375 e. The molecule has 0 aliphatic carbocycles. The van der Waals surface area contributed by atoms with E-state index >= 15 is 0 Å². The van der Waals surface area contributed by atoms with Gasteiger partial charge in [-0.2, -0.15) is 0 Å². The fraction of sp³-hybridized carbons (Fsp3) is 0.368. The standard InChI is InChI=1S/C19H19FN2O3S/c20-13-4-1-3-12(9-13)19(24)22-11-15(17-16(22)6-7-25-17)18(23)21-10-14-5-2-8-26-14/h1-5,8-9,15-17H,6-7,10-11H2,(H,21,23)/t15-,16-,17+/m1/s1. The van der Waals surface area contributed by atoms with Crippen LogP contribution in [0, 0.1) is 11.7 Å². The number of thiophene rings is 1. The maximum absolute atomic E-state index is 13.5. The van der Waals surface area contributed by atoms with Gasteiger partial charge in [0.1, 0.15) is 5.82 Å². The zero-order valence-corrected chi connectivity index (χ0v) is 14.9. The number of nitrogens with zero attached hydrogens (tertiary/aromatic N) is 1. The molecule has 0 spiro atoms. The van der Waals surface area contributed by atoms with Gasteiger partial charge in [-0.15, -0.1) is 11.3 Å². The van der Waals surface area contributed by atoms with E-state index in [2.05, 4.69) is 5.32 Å². The van der Waals surface area contributed by atoms with Crippen molar-refractivity contribution >= 4 is 23.2 Å². The number of fused-ring (bicyclic) bond motifs is 1. The molecular weight excluding hydrogens is 355 g/mol. The summed E-state index contributed by atoms with van der Waals surface area (Å²) in [5.74, 6) is -1.21. The second-order valence-corrected chi connectivity index (χ2v) is 7.60. The monoisotopic (exact) mass is 374 g/mol. The van der Waals surface area contributed by atoms with Crippen molar-refractivity contribution < 1.29 is 18.7 Å². The second kappa shape index (κ2) is 7.17. The lowest BCUT2D eigenvalue weighted by Gasteiger charge is -2.22. The molecule has 0 bridgehead atoms. The Kier molecular flexibility index (Phi) is 4.74. The first kappa shape index (κ1) is 17.2. The van der Waals surface area contributed by atoms with Gasteiger partial charge in [-0.05, 0) is 36.1 Å². The molecule has 26 heavy (non-hydrogen) atoms. The number of ether oxygens (including phenoxy) is 1. The number of hydrogen-bond acceptors (Lipinski definition) is 4. The average Bonchev–Trinajstić information content (AvgIpc) is 3.36. The summed E-state index contributed by atoms with van der Waals surface area (Å²) in [5, 5.41) is 4.91.